The maximum absolute atomic E-state index is 12.7. The highest BCUT2D eigenvalue weighted by Crippen LogP contribution is 2.25. The molecule has 0 saturated carbocycles. The van der Waals surface area contributed by atoms with Gasteiger partial charge in [-0.3, -0.25) is 9.59 Å². The summed E-state index contributed by atoms with van der Waals surface area (Å²) in [6, 6.07) is 10.7. The molecule has 0 amide bonds. The Balaban J connectivity index is 2.36. The number of fused-ring (bicyclic) bond motifs is 2. The van der Waals surface area contributed by atoms with Crippen molar-refractivity contribution in [1.82, 2.24) is 4.31 Å². The van der Waals surface area contributed by atoms with Crippen molar-refractivity contribution in [3.8, 4) is 0 Å². The van der Waals surface area contributed by atoms with Gasteiger partial charge < -0.3 is 9.52 Å². The average Bonchev–Trinajstić information content (AvgIpc) is 2.54. The Morgan fingerprint density at radius 1 is 1.12 bits per heavy atom. The van der Waals surface area contributed by atoms with Crippen molar-refractivity contribution in [1.29, 1.82) is 0 Å². The molecule has 0 spiro atoms. The summed E-state index contributed by atoms with van der Waals surface area (Å²) in [5.41, 5.74) is 0.00156. The van der Waals surface area contributed by atoms with Crippen LogP contribution in [-0.4, -0.2) is 37.4 Å². The summed E-state index contributed by atoms with van der Waals surface area (Å²) in [4.78, 5) is 23.3. The van der Waals surface area contributed by atoms with E-state index in [1.54, 1.807) is 24.3 Å². The zero-order valence-corrected chi connectivity index (χ0v) is 13.4. The van der Waals surface area contributed by atoms with Crippen molar-refractivity contribution in [2.75, 3.05) is 13.6 Å². The summed E-state index contributed by atoms with van der Waals surface area (Å²) in [6.07, 6.45) is 0. The summed E-state index contributed by atoms with van der Waals surface area (Å²) < 4.78 is 31.6. The summed E-state index contributed by atoms with van der Waals surface area (Å²) in [6.45, 7) is -0.711. The average molecular weight is 347 g/mol. The van der Waals surface area contributed by atoms with Gasteiger partial charge >= 0.3 is 5.97 Å². The standard InChI is InChI=1S/C16H13NO6S/c1-17(9-14(18)19)24(21,22)13-8-4-7-12-15(13)16(20)10-5-2-3-6-11(10)23-12/h2-8H,9H2,1H3,(H,18,19). The first-order valence-electron chi connectivity index (χ1n) is 6.95. The third-order valence-corrected chi connectivity index (χ3v) is 5.46. The van der Waals surface area contributed by atoms with Crippen LogP contribution in [0.2, 0.25) is 0 Å². The number of likely N-dealkylation sites (N-methyl/N-ethyl adjacent to an activating group) is 1. The van der Waals surface area contributed by atoms with Crippen LogP contribution in [0.4, 0.5) is 0 Å². The first-order valence-corrected chi connectivity index (χ1v) is 8.39. The van der Waals surface area contributed by atoms with Crippen LogP contribution in [-0.2, 0) is 14.8 Å². The molecule has 7 nitrogen and oxygen atoms in total. The van der Waals surface area contributed by atoms with Gasteiger partial charge in [0.2, 0.25) is 15.5 Å². The number of hydrogen-bond donors (Lipinski definition) is 1. The van der Waals surface area contributed by atoms with Gasteiger partial charge in [-0.25, -0.2) is 8.42 Å². The highest BCUT2D eigenvalue weighted by Gasteiger charge is 2.27. The monoisotopic (exact) mass is 347 g/mol. The van der Waals surface area contributed by atoms with Crippen molar-refractivity contribution in [2.24, 2.45) is 0 Å². The van der Waals surface area contributed by atoms with E-state index in [1.807, 2.05) is 0 Å². The number of hydrogen-bond acceptors (Lipinski definition) is 5. The van der Waals surface area contributed by atoms with E-state index >= 15 is 0 Å². The minimum absolute atomic E-state index is 0.0894. The molecule has 0 aliphatic heterocycles. The molecule has 124 valence electrons. The van der Waals surface area contributed by atoms with E-state index in [0.717, 1.165) is 7.05 Å². The number of nitrogens with zero attached hydrogens (tertiary/aromatic N) is 1. The highest BCUT2D eigenvalue weighted by molar-refractivity contribution is 7.89. The fourth-order valence-electron chi connectivity index (χ4n) is 2.47. The van der Waals surface area contributed by atoms with E-state index < -0.39 is 28.0 Å². The predicted molar refractivity (Wildman–Crippen MR) is 87.4 cm³/mol. The van der Waals surface area contributed by atoms with Gasteiger partial charge in [0.1, 0.15) is 17.7 Å². The lowest BCUT2D eigenvalue weighted by Crippen LogP contribution is -2.32. The van der Waals surface area contributed by atoms with E-state index in [9.17, 15) is 18.0 Å². The van der Waals surface area contributed by atoms with Gasteiger partial charge in [0.25, 0.3) is 0 Å². The molecule has 0 bridgehead atoms. The van der Waals surface area contributed by atoms with E-state index in [-0.39, 0.29) is 21.3 Å². The lowest BCUT2D eigenvalue weighted by atomic mass is 10.1. The van der Waals surface area contributed by atoms with Crippen LogP contribution in [0.1, 0.15) is 0 Å². The number of rotatable bonds is 4. The molecular formula is C16H13NO6S. The van der Waals surface area contributed by atoms with E-state index in [2.05, 4.69) is 0 Å². The Bertz CT molecular complexity index is 1120. The van der Waals surface area contributed by atoms with Gasteiger partial charge in [-0.15, -0.1) is 0 Å². The van der Waals surface area contributed by atoms with Gasteiger partial charge in [0.15, 0.2) is 0 Å². The Kier molecular flexibility index (Phi) is 3.86. The molecule has 0 aliphatic rings. The molecule has 0 saturated heterocycles. The molecular weight excluding hydrogens is 334 g/mol. The second-order valence-electron chi connectivity index (χ2n) is 5.21. The Hall–Kier alpha value is -2.71. The van der Waals surface area contributed by atoms with Gasteiger partial charge in [-0.05, 0) is 24.3 Å². The van der Waals surface area contributed by atoms with Gasteiger partial charge in [-0.1, -0.05) is 18.2 Å². The summed E-state index contributed by atoms with van der Waals surface area (Å²) in [7, 11) is -3.02. The summed E-state index contributed by atoms with van der Waals surface area (Å²) in [5.74, 6) is -1.29. The first-order chi connectivity index (χ1) is 11.3. The third kappa shape index (κ3) is 2.55. The molecule has 0 atom stereocenters. The lowest BCUT2D eigenvalue weighted by molar-refractivity contribution is -0.137. The number of benzene rings is 2. The molecule has 1 aromatic heterocycles. The predicted octanol–water partition coefficient (Wildman–Crippen LogP) is 1.65. The Labute approximate surface area is 136 Å². The van der Waals surface area contributed by atoms with Crippen LogP contribution in [0.25, 0.3) is 21.9 Å². The number of sulfonamides is 1. The maximum atomic E-state index is 12.7. The van der Waals surface area contributed by atoms with Crippen molar-refractivity contribution >= 4 is 37.9 Å². The van der Waals surface area contributed by atoms with Gasteiger partial charge in [0.05, 0.1) is 15.7 Å². The Morgan fingerprint density at radius 2 is 1.79 bits per heavy atom. The SMILES string of the molecule is CN(CC(=O)O)S(=O)(=O)c1cccc2oc3ccccc3c(=O)c12. The van der Waals surface area contributed by atoms with Crippen molar-refractivity contribution in [2.45, 2.75) is 4.90 Å². The second-order valence-corrected chi connectivity index (χ2v) is 7.22. The minimum atomic E-state index is -4.16. The summed E-state index contributed by atoms with van der Waals surface area (Å²) >= 11 is 0. The normalized spacial score (nSPS) is 12.1. The van der Waals surface area contributed by atoms with Crippen LogP contribution >= 0.6 is 0 Å². The minimum Gasteiger partial charge on any atom is -0.480 e. The molecule has 1 N–H and O–H groups in total. The number of carboxylic acid groups (broad SMARTS) is 1. The van der Waals surface area contributed by atoms with Crippen LogP contribution < -0.4 is 5.43 Å². The number of para-hydroxylation sites is 1. The zero-order valence-electron chi connectivity index (χ0n) is 12.6. The van der Waals surface area contributed by atoms with Gasteiger partial charge in [0, 0.05) is 7.05 Å². The van der Waals surface area contributed by atoms with E-state index in [1.165, 1.54) is 18.2 Å². The quantitative estimate of drug-likeness (QED) is 0.720. The fourth-order valence-corrected chi connectivity index (χ4v) is 3.79. The number of aliphatic carboxylic acids is 1. The largest absolute Gasteiger partial charge is 0.480 e. The van der Waals surface area contributed by atoms with E-state index in [4.69, 9.17) is 9.52 Å². The zero-order chi connectivity index (χ0) is 17.5. The molecule has 0 unspecified atom stereocenters. The lowest BCUT2D eigenvalue weighted by Gasteiger charge is -2.16. The number of carboxylic acids is 1. The highest BCUT2D eigenvalue weighted by atomic mass is 32.2. The molecule has 3 rings (SSSR count). The van der Waals surface area contributed by atoms with Crippen molar-refractivity contribution < 1.29 is 22.7 Å². The van der Waals surface area contributed by atoms with Crippen LogP contribution in [0.5, 0.6) is 0 Å². The molecule has 0 fully saturated rings. The smallest absolute Gasteiger partial charge is 0.318 e. The topological polar surface area (TPSA) is 105 Å². The van der Waals surface area contributed by atoms with Gasteiger partial charge in [-0.2, -0.15) is 4.31 Å². The molecule has 1 heterocycles. The van der Waals surface area contributed by atoms with Crippen LogP contribution in [0.15, 0.2) is 56.6 Å². The number of carbonyl (C=O) groups is 1. The molecule has 0 radical (unpaired) electrons. The molecule has 2 aromatic carbocycles. The van der Waals surface area contributed by atoms with Crippen LogP contribution in [0.3, 0.4) is 0 Å². The Morgan fingerprint density at radius 3 is 2.50 bits per heavy atom. The molecule has 24 heavy (non-hydrogen) atoms. The first kappa shape index (κ1) is 16.2. The van der Waals surface area contributed by atoms with Crippen LogP contribution in [0, 0.1) is 0 Å². The van der Waals surface area contributed by atoms with Crippen molar-refractivity contribution in [3.63, 3.8) is 0 Å². The third-order valence-electron chi connectivity index (χ3n) is 3.61. The maximum Gasteiger partial charge on any atom is 0.318 e. The van der Waals surface area contributed by atoms with Crippen molar-refractivity contribution in [3.05, 3.63) is 52.7 Å². The summed E-state index contributed by atoms with van der Waals surface area (Å²) in [5, 5.41) is 8.99. The molecule has 3 aromatic rings. The molecule has 0 aliphatic carbocycles. The molecule has 8 heteroatoms. The fraction of sp³-hybridized carbons (Fsp3) is 0.125. The van der Waals surface area contributed by atoms with E-state index in [0.29, 0.717) is 9.89 Å². The second kappa shape index (κ2) is 5.73.